The van der Waals surface area contributed by atoms with Gasteiger partial charge in [-0.2, -0.15) is 0 Å². The van der Waals surface area contributed by atoms with Gasteiger partial charge in [0.25, 0.3) is 0 Å². The third-order valence-corrected chi connectivity index (χ3v) is 4.40. The minimum Gasteiger partial charge on any atom is -0.481 e. The molecule has 0 aliphatic carbocycles. The molecule has 20 heavy (non-hydrogen) atoms. The minimum absolute atomic E-state index is 0.0869. The molecule has 0 atom stereocenters. The molecule has 0 heterocycles. The van der Waals surface area contributed by atoms with E-state index in [1.54, 1.807) is 11.8 Å². The molecule has 0 aliphatic heterocycles. The van der Waals surface area contributed by atoms with Crippen LogP contribution in [0.1, 0.15) is 22.3 Å². The van der Waals surface area contributed by atoms with Crippen molar-refractivity contribution in [2.24, 2.45) is 0 Å². The number of carboxylic acids is 1. The summed E-state index contributed by atoms with van der Waals surface area (Å²) in [5.74, 6) is 0.0156. The average Bonchev–Trinajstić information content (AvgIpc) is 2.39. The maximum atomic E-state index is 10.9. The molecule has 1 N–H and O–H groups in total. The van der Waals surface area contributed by atoms with E-state index in [2.05, 4.69) is 32.0 Å². The van der Waals surface area contributed by atoms with Crippen molar-refractivity contribution < 1.29 is 9.90 Å². The molecular formula is C17H18O2S. The fourth-order valence-corrected chi connectivity index (χ4v) is 3.19. The zero-order chi connectivity index (χ0) is 14.5. The molecule has 0 saturated heterocycles. The molecule has 0 bridgehead atoms. The number of thioether (sulfide) groups is 1. The lowest BCUT2D eigenvalue weighted by molar-refractivity contribution is -0.136. The molecule has 0 spiro atoms. The molecule has 0 unspecified atom stereocenters. The van der Waals surface area contributed by atoms with E-state index in [1.165, 1.54) is 16.0 Å². The summed E-state index contributed by atoms with van der Waals surface area (Å²) < 4.78 is 0. The zero-order valence-electron chi connectivity index (χ0n) is 11.7. The summed E-state index contributed by atoms with van der Waals surface area (Å²) in [6.07, 6.45) is 0.0869. The number of benzene rings is 2. The Labute approximate surface area is 123 Å². The van der Waals surface area contributed by atoms with Crippen LogP contribution in [-0.4, -0.2) is 11.1 Å². The maximum absolute atomic E-state index is 10.9. The monoisotopic (exact) mass is 286 g/mol. The van der Waals surface area contributed by atoms with E-state index in [4.69, 9.17) is 5.11 Å². The summed E-state index contributed by atoms with van der Waals surface area (Å²) in [5.41, 5.74) is 4.53. The largest absolute Gasteiger partial charge is 0.481 e. The Morgan fingerprint density at radius 3 is 2.45 bits per heavy atom. The summed E-state index contributed by atoms with van der Waals surface area (Å²) in [7, 11) is 0. The fourth-order valence-electron chi connectivity index (χ4n) is 2.15. The lowest BCUT2D eigenvalue weighted by atomic mass is 10.1. The van der Waals surface area contributed by atoms with E-state index in [-0.39, 0.29) is 6.42 Å². The van der Waals surface area contributed by atoms with Gasteiger partial charge in [-0.25, -0.2) is 0 Å². The second kappa shape index (κ2) is 6.62. The van der Waals surface area contributed by atoms with Crippen LogP contribution < -0.4 is 0 Å². The van der Waals surface area contributed by atoms with Crippen molar-refractivity contribution in [2.45, 2.75) is 30.9 Å². The van der Waals surface area contributed by atoms with Crippen molar-refractivity contribution >= 4 is 17.7 Å². The molecule has 0 fully saturated rings. The summed E-state index contributed by atoms with van der Waals surface area (Å²) in [5, 5.41) is 8.94. The number of aryl methyl sites for hydroxylation is 2. The molecule has 104 valence electrons. The molecule has 3 heteroatoms. The number of hydrogen-bond acceptors (Lipinski definition) is 2. The maximum Gasteiger partial charge on any atom is 0.307 e. The summed E-state index contributed by atoms with van der Waals surface area (Å²) >= 11 is 1.76. The third-order valence-electron chi connectivity index (χ3n) is 3.17. The molecule has 0 radical (unpaired) electrons. The summed E-state index contributed by atoms with van der Waals surface area (Å²) in [4.78, 5) is 12.1. The SMILES string of the molecule is Cc1ccc(SCc2ccccc2CC(=O)O)c(C)c1. The smallest absolute Gasteiger partial charge is 0.307 e. The third kappa shape index (κ3) is 3.87. The van der Waals surface area contributed by atoms with E-state index in [1.807, 2.05) is 24.3 Å². The van der Waals surface area contributed by atoms with Crippen LogP contribution in [0.4, 0.5) is 0 Å². The Morgan fingerprint density at radius 2 is 1.80 bits per heavy atom. The molecule has 2 rings (SSSR count). The van der Waals surface area contributed by atoms with Gasteiger partial charge in [-0.1, -0.05) is 42.0 Å². The van der Waals surface area contributed by atoms with E-state index in [0.29, 0.717) is 0 Å². The highest BCUT2D eigenvalue weighted by atomic mass is 32.2. The van der Waals surface area contributed by atoms with Crippen molar-refractivity contribution in [3.63, 3.8) is 0 Å². The van der Waals surface area contributed by atoms with Crippen LogP contribution in [0, 0.1) is 13.8 Å². The Morgan fingerprint density at radius 1 is 1.10 bits per heavy atom. The lowest BCUT2D eigenvalue weighted by Gasteiger charge is -2.09. The predicted molar refractivity (Wildman–Crippen MR) is 83.3 cm³/mol. The standard InChI is InChI=1S/C17H18O2S/c1-12-7-8-16(13(2)9-12)20-11-15-6-4-3-5-14(15)10-17(18)19/h3-9H,10-11H2,1-2H3,(H,18,19). The van der Waals surface area contributed by atoms with Crippen molar-refractivity contribution in [3.8, 4) is 0 Å². The van der Waals surface area contributed by atoms with E-state index in [0.717, 1.165) is 16.9 Å². The highest BCUT2D eigenvalue weighted by Crippen LogP contribution is 2.28. The van der Waals surface area contributed by atoms with Gasteiger partial charge in [0, 0.05) is 10.6 Å². The normalized spacial score (nSPS) is 10.5. The number of carboxylic acid groups (broad SMARTS) is 1. The summed E-state index contributed by atoms with van der Waals surface area (Å²) in [6.45, 7) is 4.20. The Bertz CT molecular complexity index is 620. The Hall–Kier alpha value is -1.74. The van der Waals surface area contributed by atoms with Crippen LogP contribution in [0.15, 0.2) is 47.4 Å². The number of aliphatic carboxylic acids is 1. The van der Waals surface area contributed by atoms with Crippen LogP contribution in [0.3, 0.4) is 0 Å². The average molecular weight is 286 g/mol. The first-order valence-electron chi connectivity index (χ1n) is 6.55. The van der Waals surface area contributed by atoms with Crippen LogP contribution in [0.5, 0.6) is 0 Å². The first-order valence-corrected chi connectivity index (χ1v) is 7.53. The van der Waals surface area contributed by atoms with E-state index >= 15 is 0 Å². The lowest BCUT2D eigenvalue weighted by Crippen LogP contribution is -2.02. The zero-order valence-corrected chi connectivity index (χ0v) is 12.5. The van der Waals surface area contributed by atoms with Crippen molar-refractivity contribution in [1.82, 2.24) is 0 Å². The van der Waals surface area contributed by atoms with Gasteiger partial charge >= 0.3 is 5.97 Å². The van der Waals surface area contributed by atoms with Gasteiger partial charge in [0.15, 0.2) is 0 Å². The van der Waals surface area contributed by atoms with Gasteiger partial charge in [0.2, 0.25) is 0 Å². The van der Waals surface area contributed by atoms with Crippen molar-refractivity contribution in [3.05, 3.63) is 64.7 Å². The van der Waals surface area contributed by atoms with Crippen molar-refractivity contribution in [2.75, 3.05) is 0 Å². The van der Waals surface area contributed by atoms with Crippen LogP contribution in [0.25, 0.3) is 0 Å². The second-order valence-corrected chi connectivity index (χ2v) is 5.91. The Balaban J connectivity index is 2.12. The van der Waals surface area contributed by atoms with Gasteiger partial charge in [0.1, 0.15) is 0 Å². The molecule has 2 nitrogen and oxygen atoms in total. The van der Waals surface area contributed by atoms with Crippen LogP contribution >= 0.6 is 11.8 Å². The molecule has 2 aromatic rings. The molecular weight excluding hydrogens is 268 g/mol. The number of rotatable bonds is 5. The Kier molecular flexibility index (Phi) is 4.85. The van der Waals surface area contributed by atoms with Gasteiger partial charge in [-0.15, -0.1) is 11.8 Å². The topological polar surface area (TPSA) is 37.3 Å². The molecule has 0 saturated carbocycles. The highest BCUT2D eigenvalue weighted by Gasteiger charge is 2.07. The quantitative estimate of drug-likeness (QED) is 0.836. The number of carbonyl (C=O) groups is 1. The summed E-state index contributed by atoms with van der Waals surface area (Å²) in [6, 6.07) is 14.2. The first kappa shape index (κ1) is 14.7. The van der Waals surface area contributed by atoms with Gasteiger partial charge in [0.05, 0.1) is 6.42 Å². The minimum atomic E-state index is -0.783. The van der Waals surface area contributed by atoms with Crippen molar-refractivity contribution in [1.29, 1.82) is 0 Å². The highest BCUT2D eigenvalue weighted by molar-refractivity contribution is 7.98. The predicted octanol–water partition coefficient (Wildman–Crippen LogP) is 4.22. The molecule has 0 aromatic heterocycles. The second-order valence-electron chi connectivity index (χ2n) is 4.90. The van der Waals surface area contributed by atoms with Crippen LogP contribution in [-0.2, 0) is 17.0 Å². The first-order chi connectivity index (χ1) is 9.56. The fraction of sp³-hybridized carbons (Fsp3) is 0.235. The number of hydrogen-bond donors (Lipinski definition) is 1. The molecule has 0 aliphatic rings. The van der Waals surface area contributed by atoms with Gasteiger partial charge < -0.3 is 5.11 Å². The van der Waals surface area contributed by atoms with Crippen LogP contribution in [0.2, 0.25) is 0 Å². The van der Waals surface area contributed by atoms with Gasteiger partial charge in [-0.05, 0) is 36.6 Å². The van der Waals surface area contributed by atoms with E-state index in [9.17, 15) is 4.79 Å². The molecule has 2 aromatic carbocycles. The van der Waals surface area contributed by atoms with Gasteiger partial charge in [-0.3, -0.25) is 4.79 Å². The van der Waals surface area contributed by atoms with E-state index < -0.39 is 5.97 Å². The molecule has 0 amide bonds.